The molecule has 0 saturated heterocycles. The molecule has 170 valence electrons. The summed E-state index contributed by atoms with van der Waals surface area (Å²) in [6.45, 7) is 3.47. The van der Waals surface area contributed by atoms with Gasteiger partial charge in [-0.05, 0) is 36.2 Å². The van der Waals surface area contributed by atoms with Crippen molar-refractivity contribution < 1.29 is 22.7 Å². The molecule has 5 N–H and O–H groups in total. The van der Waals surface area contributed by atoms with Crippen molar-refractivity contribution in [1.82, 2.24) is 14.7 Å². The molecule has 0 fully saturated rings. The van der Waals surface area contributed by atoms with Crippen LogP contribution >= 0.6 is 11.3 Å². The molecule has 12 heteroatoms. The zero-order chi connectivity index (χ0) is 23.5. The number of hydrogen-bond donors (Lipinski definition) is 4. The number of aromatic amines is 1. The van der Waals surface area contributed by atoms with Crippen LogP contribution in [0, 0.1) is 5.92 Å². The number of thiazole rings is 1. The van der Waals surface area contributed by atoms with Crippen LogP contribution in [0.25, 0.3) is 11.3 Å². The molecule has 0 aliphatic heterocycles. The van der Waals surface area contributed by atoms with Gasteiger partial charge in [0.2, 0.25) is 15.9 Å². The number of hydrogen-bond acceptors (Lipinski definition) is 7. The summed E-state index contributed by atoms with van der Waals surface area (Å²) in [5.74, 6) is -0.939. The van der Waals surface area contributed by atoms with E-state index in [0.717, 1.165) is 0 Å². The standard InChI is InChI=1S/C20H23N5O5S2/c1-11(2)17(25-32(28,29)14-6-4-13(30-3)5-7-14)19(27)24-20-23-16(10-31-20)12-8-15(18(21)26)22-9-12/h4-11,17,22,25H,1-3H3,(H2,21,26)(H,23,24,27)/t17-/m0/s1. The Morgan fingerprint density at radius 3 is 2.47 bits per heavy atom. The number of benzene rings is 1. The van der Waals surface area contributed by atoms with E-state index in [1.54, 1.807) is 31.5 Å². The quantitative estimate of drug-likeness (QED) is 0.370. The van der Waals surface area contributed by atoms with Crippen molar-refractivity contribution >= 4 is 38.3 Å². The number of methoxy groups -OCH3 is 1. The predicted octanol–water partition coefficient (Wildman–Crippen LogP) is 2.19. The number of primary amides is 1. The number of rotatable bonds is 9. The zero-order valence-electron chi connectivity index (χ0n) is 17.6. The highest BCUT2D eigenvalue weighted by atomic mass is 32.2. The fourth-order valence-electron chi connectivity index (χ4n) is 2.81. The lowest BCUT2D eigenvalue weighted by Crippen LogP contribution is -2.47. The first-order chi connectivity index (χ1) is 15.1. The van der Waals surface area contributed by atoms with Gasteiger partial charge in [0.15, 0.2) is 5.13 Å². The number of sulfonamides is 1. The van der Waals surface area contributed by atoms with Crippen LogP contribution in [0.3, 0.4) is 0 Å². The van der Waals surface area contributed by atoms with Crippen molar-refractivity contribution in [3.63, 3.8) is 0 Å². The van der Waals surface area contributed by atoms with Gasteiger partial charge in [-0.25, -0.2) is 13.4 Å². The zero-order valence-corrected chi connectivity index (χ0v) is 19.2. The van der Waals surface area contributed by atoms with Crippen molar-refractivity contribution in [3.05, 3.63) is 47.6 Å². The Labute approximate surface area is 189 Å². The molecule has 0 radical (unpaired) electrons. The van der Waals surface area contributed by atoms with E-state index in [-0.39, 0.29) is 16.5 Å². The van der Waals surface area contributed by atoms with Crippen LogP contribution in [0.2, 0.25) is 0 Å². The maximum atomic E-state index is 12.8. The third kappa shape index (κ3) is 5.33. The molecule has 2 heterocycles. The second-order valence-corrected chi connectivity index (χ2v) is 9.78. The van der Waals surface area contributed by atoms with Crippen molar-refractivity contribution in [2.24, 2.45) is 11.7 Å². The number of carbonyl (C=O) groups excluding carboxylic acids is 2. The van der Waals surface area contributed by atoms with Crippen molar-refractivity contribution in [1.29, 1.82) is 0 Å². The second kappa shape index (κ2) is 9.51. The fourth-order valence-corrected chi connectivity index (χ4v) is 4.88. The number of H-pyrrole nitrogens is 1. The van der Waals surface area contributed by atoms with Gasteiger partial charge in [0, 0.05) is 17.1 Å². The molecule has 1 atom stereocenters. The number of carbonyl (C=O) groups is 2. The average Bonchev–Trinajstić information content (AvgIpc) is 3.41. The van der Waals surface area contributed by atoms with Gasteiger partial charge < -0.3 is 20.8 Å². The summed E-state index contributed by atoms with van der Waals surface area (Å²) in [5.41, 5.74) is 6.65. The van der Waals surface area contributed by atoms with E-state index in [1.807, 2.05) is 0 Å². The summed E-state index contributed by atoms with van der Waals surface area (Å²) in [4.78, 5) is 31.2. The highest BCUT2D eigenvalue weighted by Gasteiger charge is 2.29. The number of nitrogens with one attached hydrogen (secondary N) is 3. The predicted molar refractivity (Wildman–Crippen MR) is 121 cm³/mol. The Bertz CT molecular complexity index is 1220. The van der Waals surface area contributed by atoms with Crippen LogP contribution in [-0.4, -0.2) is 43.4 Å². The molecule has 10 nitrogen and oxygen atoms in total. The number of amides is 2. The first-order valence-corrected chi connectivity index (χ1v) is 11.9. The van der Waals surface area contributed by atoms with Crippen LogP contribution in [-0.2, 0) is 14.8 Å². The lowest BCUT2D eigenvalue weighted by Gasteiger charge is -2.21. The Morgan fingerprint density at radius 1 is 1.22 bits per heavy atom. The molecule has 1 aromatic carbocycles. The highest BCUT2D eigenvalue weighted by Crippen LogP contribution is 2.26. The van der Waals surface area contributed by atoms with Crippen LogP contribution < -0.4 is 20.5 Å². The third-order valence-corrected chi connectivity index (χ3v) is 6.79. The van der Waals surface area contributed by atoms with E-state index < -0.39 is 27.9 Å². The van der Waals surface area contributed by atoms with Crippen molar-refractivity contribution in [2.45, 2.75) is 24.8 Å². The van der Waals surface area contributed by atoms with Gasteiger partial charge in [0.1, 0.15) is 17.5 Å². The topological polar surface area (TPSA) is 156 Å². The van der Waals surface area contributed by atoms with Gasteiger partial charge in [-0.2, -0.15) is 4.72 Å². The van der Waals surface area contributed by atoms with Crippen LogP contribution in [0.4, 0.5) is 5.13 Å². The molecule has 0 aliphatic rings. The van der Waals surface area contributed by atoms with Gasteiger partial charge >= 0.3 is 0 Å². The largest absolute Gasteiger partial charge is 0.497 e. The van der Waals surface area contributed by atoms with E-state index in [2.05, 4.69) is 20.0 Å². The molecule has 0 aliphatic carbocycles. The molecule has 3 aromatic rings. The van der Waals surface area contributed by atoms with E-state index in [9.17, 15) is 18.0 Å². The summed E-state index contributed by atoms with van der Waals surface area (Å²) in [5, 5.41) is 4.65. The Kier molecular flexibility index (Phi) is 6.96. The number of anilines is 1. The van der Waals surface area contributed by atoms with E-state index in [1.165, 1.54) is 42.7 Å². The molecule has 3 rings (SSSR count). The normalized spacial score (nSPS) is 12.5. The van der Waals surface area contributed by atoms with Gasteiger partial charge in [-0.15, -0.1) is 11.3 Å². The van der Waals surface area contributed by atoms with Gasteiger partial charge in [-0.3, -0.25) is 9.59 Å². The van der Waals surface area contributed by atoms with Gasteiger partial charge in [0.05, 0.1) is 17.7 Å². The second-order valence-electron chi connectivity index (χ2n) is 7.21. The molecular weight excluding hydrogens is 454 g/mol. The van der Waals surface area contributed by atoms with Crippen LogP contribution in [0.5, 0.6) is 5.75 Å². The smallest absolute Gasteiger partial charge is 0.265 e. The van der Waals surface area contributed by atoms with Gasteiger partial charge in [0.25, 0.3) is 5.91 Å². The maximum absolute atomic E-state index is 12.8. The number of aromatic nitrogens is 2. The minimum absolute atomic E-state index is 0.0194. The SMILES string of the molecule is COc1ccc(S(=O)(=O)N[C@H](C(=O)Nc2nc(-c3c[nH]c(C(N)=O)c3)cs2)C(C)C)cc1. The lowest BCUT2D eigenvalue weighted by molar-refractivity contribution is -0.118. The fraction of sp³-hybridized carbons (Fsp3) is 0.250. The van der Waals surface area contributed by atoms with Crippen molar-refractivity contribution in [2.75, 3.05) is 12.4 Å². The maximum Gasteiger partial charge on any atom is 0.265 e. The van der Waals surface area contributed by atoms with E-state index in [0.29, 0.717) is 22.1 Å². The first-order valence-electron chi connectivity index (χ1n) is 9.52. The number of nitrogens with two attached hydrogens (primary N) is 1. The Morgan fingerprint density at radius 2 is 1.91 bits per heavy atom. The first kappa shape index (κ1) is 23.4. The molecule has 2 amide bonds. The number of ether oxygens (including phenoxy) is 1. The monoisotopic (exact) mass is 477 g/mol. The minimum Gasteiger partial charge on any atom is -0.497 e. The molecule has 0 unspecified atom stereocenters. The Hall–Kier alpha value is -3.22. The summed E-state index contributed by atoms with van der Waals surface area (Å²) in [6.07, 6.45) is 1.58. The van der Waals surface area contributed by atoms with Crippen molar-refractivity contribution in [3.8, 4) is 17.0 Å². The molecular formula is C20H23N5O5S2. The molecule has 0 spiro atoms. The molecule has 0 saturated carbocycles. The van der Waals surface area contributed by atoms with Gasteiger partial charge in [-0.1, -0.05) is 13.8 Å². The average molecular weight is 478 g/mol. The Balaban J connectivity index is 1.74. The highest BCUT2D eigenvalue weighted by molar-refractivity contribution is 7.89. The molecule has 0 bridgehead atoms. The molecule has 2 aromatic heterocycles. The third-order valence-electron chi connectivity index (χ3n) is 4.58. The van der Waals surface area contributed by atoms with Crippen LogP contribution in [0.15, 0.2) is 46.8 Å². The van der Waals surface area contributed by atoms with E-state index >= 15 is 0 Å². The van der Waals surface area contributed by atoms with Crippen LogP contribution in [0.1, 0.15) is 24.3 Å². The summed E-state index contributed by atoms with van der Waals surface area (Å²) in [6, 6.07) is 6.40. The minimum atomic E-state index is -3.94. The summed E-state index contributed by atoms with van der Waals surface area (Å²) >= 11 is 1.17. The summed E-state index contributed by atoms with van der Waals surface area (Å²) in [7, 11) is -2.46. The number of nitrogens with zero attached hydrogens (tertiary/aromatic N) is 1. The molecule has 32 heavy (non-hydrogen) atoms. The lowest BCUT2D eigenvalue weighted by atomic mass is 10.1. The summed E-state index contributed by atoms with van der Waals surface area (Å²) < 4.78 is 33.0. The van der Waals surface area contributed by atoms with E-state index in [4.69, 9.17) is 10.5 Å².